The molecule has 1 saturated heterocycles. The highest BCUT2D eigenvalue weighted by molar-refractivity contribution is 6.08. The van der Waals surface area contributed by atoms with Crippen LogP contribution in [-0.4, -0.2) is 54.9 Å². The zero-order chi connectivity index (χ0) is 14.1. The van der Waals surface area contributed by atoms with Crippen LogP contribution >= 0.6 is 0 Å². The molecular weight excluding hydrogens is 252 g/mol. The number of carbonyl (C=O) groups is 1. The molecule has 3 rings (SSSR count). The molecule has 0 bridgehead atoms. The summed E-state index contributed by atoms with van der Waals surface area (Å²) in [5, 5.41) is 0.916. The van der Waals surface area contributed by atoms with Gasteiger partial charge in [0.05, 0.1) is 12.1 Å². The number of rotatable bonds is 3. The molecule has 0 N–H and O–H groups in total. The first-order valence-electron chi connectivity index (χ1n) is 7.07. The molecule has 4 heteroatoms. The van der Waals surface area contributed by atoms with Crippen molar-refractivity contribution in [1.29, 1.82) is 0 Å². The summed E-state index contributed by atoms with van der Waals surface area (Å²) in [6.45, 7) is 5.58. The van der Waals surface area contributed by atoms with Gasteiger partial charge in [-0.3, -0.25) is 9.69 Å². The molecule has 2 heterocycles. The second-order valence-corrected chi connectivity index (χ2v) is 5.63. The molecule has 1 aromatic heterocycles. The molecule has 0 amide bonds. The van der Waals surface area contributed by atoms with Crippen molar-refractivity contribution < 1.29 is 9.21 Å². The van der Waals surface area contributed by atoms with Gasteiger partial charge in [0.15, 0.2) is 5.78 Å². The standard InChI is InChI=1S/C16H20N2O2/c1-12-9-18(8-7-17(12)2)10-15(19)14-11-20-16-6-4-3-5-13(14)16/h3-6,11-12H,7-10H2,1-2H3. The predicted octanol–water partition coefficient (Wildman–Crippen LogP) is 2.25. The van der Waals surface area contributed by atoms with Crippen molar-refractivity contribution in [3.8, 4) is 0 Å². The molecule has 1 aliphatic rings. The smallest absolute Gasteiger partial charge is 0.180 e. The highest BCUT2D eigenvalue weighted by Gasteiger charge is 2.23. The van der Waals surface area contributed by atoms with Gasteiger partial charge in [-0.25, -0.2) is 0 Å². The molecule has 4 nitrogen and oxygen atoms in total. The van der Waals surface area contributed by atoms with E-state index in [9.17, 15) is 4.79 Å². The van der Waals surface area contributed by atoms with Crippen molar-refractivity contribution >= 4 is 16.8 Å². The van der Waals surface area contributed by atoms with Crippen molar-refractivity contribution in [1.82, 2.24) is 9.80 Å². The largest absolute Gasteiger partial charge is 0.464 e. The SMILES string of the molecule is CC1CN(CC(=O)c2coc3ccccc23)CCN1C. The summed E-state index contributed by atoms with van der Waals surface area (Å²) in [6, 6.07) is 8.19. The average molecular weight is 272 g/mol. The molecule has 0 saturated carbocycles. The lowest BCUT2D eigenvalue weighted by Gasteiger charge is -2.37. The normalized spacial score (nSPS) is 21.4. The molecule has 1 atom stereocenters. The maximum absolute atomic E-state index is 12.5. The molecule has 1 aromatic carbocycles. The number of likely N-dealkylation sites (N-methyl/N-ethyl adjacent to an activating group) is 1. The summed E-state index contributed by atoms with van der Waals surface area (Å²) in [6.07, 6.45) is 1.59. The number of hydrogen-bond acceptors (Lipinski definition) is 4. The zero-order valence-corrected chi connectivity index (χ0v) is 12.0. The van der Waals surface area contributed by atoms with E-state index in [0.717, 1.165) is 30.6 Å². The van der Waals surface area contributed by atoms with Gasteiger partial charge in [0.2, 0.25) is 0 Å². The van der Waals surface area contributed by atoms with Gasteiger partial charge in [-0.1, -0.05) is 18.2 Å². The first-order valence-corrected chi connectivity index (χ1v) is 7.07. The Morgan fingerprint density at radius 2 is 2.15 bits per heavy atom. The highest BCUT2D eigenvalue weighted by atomic mass is 16.3. The van der Waals surface area contributed by atoms with Crippen LogP contribution in [-0.2, 0) is 0 Å². The Hall–Kier alpha value is -1.65. The first kappa shape index (κ1) is 13.3. The zero-order valence-electron chi connectivity index (χ0n) is 12.0. The number of hydrogen-bond donors (Lipinski definition) is 0. The number of carbonyl (C=O) groups excluding carboxylic acids is 1. The quantitative estimate of drug-likeness (QED) is 0.803. The molecule has 1 aliphatic heterocycles. The molecule has 0 aliphatic carbocycles. The van der Waals surface area contributed by atoms with Crippen LogP contribution in [0.4, 0.5) is 0 Å². The number of Topliss-reactive ketones (excluding diaryl/α,β-unsaturated/α-hetero) is 1. The monoisotopic (exact) mass is 272 g/mol. The Balaban J connectivity index is 1.73. The third-order valence-corrected chi connectivity index (χ3v) is 4.19. The van der Waals surface area contributed by atoms with Crippen LogP contribution in [0.25, 0.3) is 11.0 Å². The number of fused-ring (bicyclic) bond motifs is 1. The average Bonchev–Trinajstić information content (AvgIpc) is 2.87. The van der Waals surface area contributed by atoms with Gasteiger partial charge in [0.25, 0.3) is 0 Å². The number of nitrogens with zero attached hydrogens (tertiary/aromatic N) is 2. The van der Waals surface area contributed by atoms with Crippen molar-refractivity contribution in [2.45, 2.75) is 13.0 Å². The van der Waals surface area contributed by atoms with Crippen molar-refractivity contribution in [3.63, 3.8) is 0 Å². The van der Waals surface area contributed by atoms with Crippen LogP contribution < -0.4 is 0 Å². The number of ketones is 1. The summed E-state index contributed by atoms with van der Waals surface area (Å²) in [5.74, 6) is 0.145. The van der Waals surface area contributed by atoms with E-state index in [1.165, 1.54) is 0 Å². The Morgan fingerprint density at radius 3 is 2.95 bits per heavy atom. The fourth-order valence-corrected chi connectivity index (χ4v) is 2.75. The molecule has 1 unspecified atom stereocenters. The minimum absolute atomic E-state index is 0.145. The van der Waals surface area contributed by atoms with E-state index >= 15 is 0 Å². The lowest BCUT2D eigenvalue weighted by atomic mass is 10.1. The number of piperazine rings is 1. The number of furan rings is 1. The van der Waals surface area contributed by atoms with Crippen LogP contribution in [0.15, 0.2) is 34.9 Å². The molecule has 1 fully saturated rings. The minimum Gasteiger partial charge on any atom is -0.464 e. The Morgan fingerprint density at radius 1 is 1.35 bits per heavy atom. The topological polar surface area (TPSA) is 36.7 Å². The van der Waals surface area contributed by atoms with E-state index in [2.05, 4.69) is 23.8 Å². The van der Waals surface area contributed by atoms with E-state index in [1.54, 1.807) is 6.26 Å². The van der Waals surface area contributed by atoms with Gasteiger partial charge >= 0.3 is 0 Å². The molecule has 106 valence electrons. The summed E-state index contributed by atoms with van der Waals surface area (Å²) in [4.78, 5) is 17.0. The van der Waals surface area contributed by atoms with Gasteiger partial charge in [0.1, 0.15) is 11.8 Å². The third-order valence-electron chi connectivity index (χ3n) is 4.19. The van der Waals surface area contributed by atoms with Crippen LogP contribution in [0.5, 0.6) is 0 Å². The van der Waals surface area contributed by atoms with Crippen molar-refractivity contribution in [3.05, 3.63) is 36.1 Å². The lowest BCUT2D eigenvalue weighted by Crippen LogP contribution is -2.51. The van der Waals surface area contributed by atoms with E-state index in [4.69, 9.17) is 4.42 Å². The summed E-state index contributed by atoms with van der Waals surface area (Å²) < 4.78 is 5.45. The molecule has 20 heavy (non-hydrogen) atoms. The van der Waals surface area contributed by atoms with Gasteiger partial charge in [0, 0.05) is 31.1 Å². The predicted molar refractivity (Wildman–Crippen MR) is 79.1 cm³/mol. The molecular formula is C16H20N2O2. The van der Waals surface area contributed by atoms with E-state index < -0.39 is 0 Å². The lowest BCUT2D eigenvalue weighted by molar-refractivity contribution is 0.0786. The fraction of sp³-hybridized carbons (Fsp3) is 0.438. The van der Waals surface area contributed by atoms with Gasteiger partial charge in [-0.15, -0.1) is 0 Å². The van der Waals surface area contributed by atoms with Gasteiger partial charge in [-0.05, 0) is 20.0 Å². The molecule has 2 aromatic rings. The van der Waals surface area contributed by atoms with Crippen LogP contribution in [0, 0.1) is 0 Å². The Labute approximate surface area is 119 Å². The van der Waals surface area contributed by atoms with Gasteiger partial charge in [-0.2, -0.15) is 0 Å². The minimum atomic E-state index is 0.145. The van der Waals surface area contributed by atoms with Gasteiger partial charge < -0.3 is 9.32 Å². The maximum atomic E-state index is 12.5. The van der Waals surface area contributed by atoms with E-state index in [-0.39, 0.29) is 5.78 Å². The number of para-hydroxylation sites is 1. The van der Waals surface area contributed by atoms with Crippen LogP contribution in [0.3, 0.4) is 0 Å². The fourth-order valence-electron chi connectivity index (χ4n) is 2.75. The van der Waals surface area contributed by atoms with E-state index in [1.807, 2.05) is 24.3 Å². The summed E-state index contributed by atoms with van der Waals surface area (Å²) >= 11 is 0. The van der Waals surface area contributed by atoms with Crippen LogP contribution in [0.2, 0.25) is 0 Å². The first-order chi connectivity index (χ1) is 9.65. The second kappa shape index (κ2) is 5.38. The molecule has 0 radical (unpaired) electrons. The highest BCUT2D eigenvalue weighted by Crippen LogP contribution is 2.21. The third kappa shape index (κ3) is 2.49. The van der Waals surface area contributed by atoms with E-state index in [0.29, 0.717) is 18.2 Å². The van der Waals surface area contributed by atoms with Crippen molar-refractivity contribution in [2.75, 3.05) is 33.2 Å². The Kier molecular flexibility index (Phi) is 3.59. The number of benzene rings is 1. The molecule has 0 spiro atoms. The summed E-state index contributed by atoms with van der Waals surface area (Å²) in [7, 11) is 2.13. The van der Waals surface area contributed by atoms with Crippen molar-refractivity contribution in [2.24, 2.45) is 0 Å². The summed E-state index contributed by atoms with van der Waals surface area (Å²) in [5.41, 5.74) is 1.48. The maximum Gasteiger partial charge on any atom is 0.180 e. The second-order valence-electron chi connectivity index (χ2n) is 5.63. The van der Waals surface area contributed by atoms with Crippen LogP contribution in [0.1, 0.15) is 17.3 Å². The Bertz CT molecular complexity index is 620.